The van der Waals surface area contributed by atoms with Crippen molar-refractivity contribution >= 4 is 23.0 Å². The van der Waals surface area contributed by atoms with Gasteiger partial charge < -0.3 is 10.2 Å². The summed E-state index contributed by atoms with van der Waals surface area (Å²) in [7, 11) is 0. The number of benzene rings is 1. The van der Waals surface area contributed by atoms with Crippen LogP contribution in [0.4, 0.5) is 0 Å². The molecule has 0 aliphatic heterocycles. The first kappa shape index (κ1) is 15.6. The van der Waals surface area contributed by atoms with Crippen LogP contribution in [-0.2, 0) is 12.8 Å². The molecule has 6 heteroatoms. The van der Waals surface area contributed by atoms with Gasteiger partial charge in [0.15, 0.2) is 0 Å². The maximum absolute atomic E-state index is 12.2. The van der Waals surface area contributed by atoms with E-state index in [9.17, 15) is 15.0 Å². The first-order valence-electron chi connectivity index (χ1n) is 7.52. The van der Waals surface area contributed by atoms with Crippen LogP contribution < -0.4 is 5.43 Å². The Labute approximate surface area is 138 Å². The minimum absolute atomic E-state index is 0.0493. The van der Waals surface area contributed by atoms with Gasteiger partial charge >= 0.3 is 0 Å². The predicted octanol–water partition coefficient (Wildman–Crippen LogP) is 3.19. The fourth-order valence-corrected chi connectivity index (χ4v) is 3.80. The molecule has 0 saturated carbocycles. The Bertz CT molecular complexity index is 736. The summed E-state index contributed by atoms with van der Waals surface area (Å²) in [5, 5.41) is 23.0. The van der Waals surface area contributed by atoms with Crippen molar-refractivity contribution in [3.63, 3.8) is 0 Å². The van der Waals surface area contributed by atoms with E-state index < -0.39 is 0 Å². The van der Waals surface area contributed by atoms with Crippen LogP contribution in [0.3, 0.4) is 0 Å². The van der Waals surface area contributed by atoms with Gasteiger partial charge in [-0.2, -0.15) is 5.10 Å². The number of fused-ring (bicyclic) bond motifs is 1. The van der Waals surface area contributed by atoms with Gasteiger partial charge in [-0.3, -0.25) is 4.79 Å². The molecule has 1 amide bonds. The van der Waals surface area contributed by atoms with Crippen LogP contribution in [0.15, 0.2) is 29.4 Å². The third-order valence-corrected chi connectivity index (χ3v) is 5.10. The summed E-state index contributed by atoms with van der Waals surface area (Å²) in [6.07, 6.45) is 4.47. The standard InChI is InChI=1S/C17H18N2O3S/c1-10(12-6-13(20)9-14(21)7-12)18-19-17(22)16-8-11-4-2-3-5-15(11)23-16/h6-9,20-21H,2-5H2,1H3,(H,19,22)/b18-10+. The minimum Gasteiger partial charge on any atom is -0.508 e. The quantitative estimate of drug-likeness (QED) is 0.597. The predicted molar refractivity (Wildman–Crippen MR) is 90.4 cm³/mol. The molecule has 1 aliphatic carbocycles. The molecule has 0 radical (unpaired) electrons. The van der Waals surface area contributed by atoms with E-state index in [1.807, 2.05) is 6.07 Å². The number of hydrazone groups is 1. The molecule has 3 rings (SSSR count). The fraction of sp³-hybridized carbons (Fsp3) is 0.294. The van der Waals surface area contributed by atoms with Crippen LogP contribution >= 0.6 is 11.3 Å². The van der Waals surface area contributed by atoms with Gasteiger partial charge in [0.05, 0.1) is 10.6 Å². The zero-order valence-corrected chi connectivity index (χ0v) is 13.6. The van der Waals surface area contributed by atoms with Gasteiger partial charge in [-0.15, -0.1) is 11.3 Å². The second-order valence-electron chi connectivity index (χ2n) is 5.64. The number of phenolic OH excluding ortho intramolecular Hbond substituents is 2. The highest BCUT2D eigenvalue weighted by molar-refractivity contribution is 7.14. The number of aromatic hydroxyl groups is 2. The van der Waals surface area contributed by atoms with E-state index in [0.717, 1.165) is 12.8 Å². The maximum atomic E-state index is 12.2. The molecule has 5 nitrogen and oxygen atoms in total. The third-order valence-electron chi connectivity index (χ3n) is 3.87. The largest absolute Gasteiger partial charge is 0.508 e. The lowest BCUT2D eigenvalue weighted by Gasteiger charge is -2.08. The highest BCUT2D eigenvalue weighted by Gasteiger charge is 2.17. The summed E-state index contributed by atoms with van der Waals surface area (Å²) in [4.78, 5) is 14.2. The Kier molecular flexibility index (Phi) is 4.34. The van der Waals surface area contributed by atoms with Gasteiger partial charge in [0.1, 0.15) is 11.5 Å². The topological polar surface area (TPSA) is 81.9 Å². The number of amides is 1. The monoisotopic (exact) mass is 330 g/mol. The molecule has 3 N–H and O–H groups in total. The number of nitrogens with zero attached hydrogens (tertiary/aromatic N) is 1. The van der Waals surface area contributed by atoms with Gasteiger partial charge in [-0.05, 0) is 56.4 Å². The van der Waals surface area contributed by atoms with Crippen molar-refractivity contribution in [3.05, 3.63) is 45.1 Å². The summed E-state index contributed by atoms with van der Waals surface area (Å²) in [6, 6.07) is 6.16. The molecule has 2 aromatic rings. The number of hydrogen-bond donors (Lipinski definition) is 3. The summed E-state index contributed by atoms with van der Waals surface area (Å²) in [5.74, 6) is -0.327. The SMILES string of the molecule is C/C(=N\NC(=O)c1cc2c(s1)CCCC2)c1cc(O)cc(O)c1. The fourth-order valence-electron chi connectivity index (χ4n) is 2.66. The molecule has 0 bridgehead atoms. The van der Waals surface area contributed by atoms with Gasteiger partial charge in [-0.25, -0.2) is 5.43 Å². The minimum atomic E-state index is -0.229. The summed E-state index contributed by atoms with van der Waals surface area (Å²) < 4.78 is 0. The Hall–Kier alpha value is -2.34. The van der Waals surface area contributed by atoms with E-state index in [1.165, 1.54) is 52.8 Å². The molecule has 0 saturated heterocycles. The average molecular weight is 330 g/mol. The van der Waals surface area contributed by atoms with Crippen molar-refractivity contribution in [2.24, 2.45) is 5.10 Å². The molecular weight excluding hydrogens is 312 g/mol. The van der Waals surface area contributed by atoms with Crippen molar-refractivity contribution in [3.8, 4) is 11.5 Å². The molecule has 1 aromatic heterocycles. The van der Waals surface area contributed by atoms with Crippen molar-refractivity contribution in [2.45, 2.75) is 32.6 Å². The lowest BCUT2D eigenvalue weighted by Crippen LogP contribution is -2.18. The molecular formula is C17H18N2O3S. The summed E-state index contributed by atoms with van der Waals surface area (Å²) in [6.45, 7) is 1.70. The number of carbonyl (C=O) groups excluding carboxylic acids is 1. The zero-order chi connectivity index (χ0) is 16.4. The third kappa shape index (κ3) is 3.53. The molecule has 0 unspecified atom stereocenters. The smallest absolute Gasteiger partial charge is 0.281 e. The molecule has 1 aromatic carbocycles. The number of aryl methyl sites for hydroxylation is 2. The number of hydrogen-bond acceptors (Lipinski definition) is 5. The zero-order valence-electron chi connectivity index (χ0n) is 12.8. The first-order valence-corrected chi connectivity index (χ1v) is 8.34. The number of phenols is 2. The molecule has 0 spiro atoms. The summed E-state index contributed by atoms with van der Waals surface area (Å²) >= 11 is 1.53. The molecule has 1 heterocycles. The normalized spacial score (nSPS) is 14.4. The maximum Gasteiger partial charge on any atom is 0.281 e. The molecule has 0 fully saturated rings. The van der Waals surface area contributed by atoms with Crippen LogP contribution in [0.5, 0.6) is 11.5 Å². The van der Waals surface area contributed by atoms with E-state index in [1.54, 1.807) is 6.92 Å². The first-order chi connectivity index (χ1) is 11.0. The van der Waals surface area contributed by atoms with E-state index >= 15 is 0 Å². The van der Waals surface area contributed by atoms with E-state index in [2.05, 4.69) is 10.5 Å². The van der Waals surface area contributed by atoms with Crippen LogP contribution in [-0.4, -0.2) is 21.8 Å². The van der Waals surface area contributed by atoms with E-state index in [0.29, 0.717) is 16.2 Å². The van der Waals surface area contributed by atoms with Gasteiger partial charge in [-0.1, -0.05) is 0 Å². The molecule has 120 valence electrons. The van der Waals surface area contributed by atoms with Gasteiger partial charge in [0, 0.05) is 16.5 Å². The second-order valence-corrected chi connectivity index (χ2v) is 6.78. The average Bonchev–Trinajstić information content (AvgIpc) is 2.95. The van der Waals surface area contributed by atoms with Gasteiger partial charge in [0.25, 0.3) is 5.91 Å². The summed E-state index contributed by atoms with van der Waals surface area (Å²) in [5.41, 5.74) is 4.88. The van der Waals surface area contributed by atoms with Crippen LogP contribution in [0, 0.1) is 0 Å². The van der Waals surface area contributed by atoms with Crippen LogP contribution in [0.2, 0.25) is 0 Å². The Morgan fingerprint density at radius 1 is 1.13 bits per heavy atom. The molecule has 1 aliphatic rings. The lowest BCUT2D eigenvalue weighted by molar-refractivity contribution is 0.0959. The molecule has 0 atom stereocenters. The highest BCUT2D eigenvalue weighted by atomic mass is 32.1. The van der Waals surface area contributed by atoms with E-state index in [-0.39, 0.29) is 17.4 Å². The number of nitrogens with one attached hydrogen (secondary N) is 1. The van der Waals surface area contributed by atoms with Crippen molar-refractivity contribution in [1.29, 1.82) is 0 Å². The van der Waals surface area contributed by atoms with E-state index in [4.69, 9.17) is 0 Å². The van der Waals surface area contributed by atoms with Crippen molar-refractivity contribution in [2.75, 3.05) is 0 Å². The van der Waals surface area contributed by atoms with Crippen LogP contribution in [0.25, 0.3) is 0 Å². The number of thiophene rings is 1. The second kappa shape index (κ2) is 6.42. The Balaban J connectivity index is 1.73. The molecule has 23 heavy (non-hydrogen) atoms. The van der Waals surface area contributed by atoms with Crippen LogP contribution in [0.1, 0.15) is 45.4 Å². The van der Waals surface area contributed by atoms with Gasteiger partial charge in [0.2, 0.25) is 0 Å². The Morgan fingerprint density at radius 3 is 2.52 bits per heavy atom. The highest BCUT2D eigenvalue weighted by Crippen LogP contribution is 2.29. The lowest BCUT2D eigenvalue weighted by atomic mass is 9.99. The van der Waals surface area contributed by atoms with Crippen molar-refractivity contribution < 1.29 is 15.0 Å². The van der Waals surface area contributed by atoms with Crippen molar-refractivity contribution in [1.82, 2.24) is 5.43 Å². The number of carbonyl (C=O) groups is 1. The Morgan fingerprint density at radius 2 is 1.83 bits per heavy atom. The number of rotatable bonds is 3.